The van der Waals surface area contributed by atoms with Crippen molar-refractivity contribution in [1.29, 1.82) is 0 Å². The highest BCUT2D eigenvalue weighted by molar-refractivity contribution is 5.75. The van der Waals surface area contributed by atoms with Gasteiger partial charge < -0.3 is 5.32 Å². The maximum Gasteiger partial charge on any atom is 0.435 e. The summed E-state index contributed by atoms with van der Waals surface area (Å²) in [6.07, 6.45) is -4.87. The molecule has 0 radical (unpaired) electrons. The molecule has 0 bridgehead atoms. The van der Waals surface area contributed by atoms with Crippen LogP contribution in [0.1, 0.15) is 47.6 Å². The Labute approximate surface area is 157 Å². The second-order valence-corrected chi connectivity index (χ2v) is 6.72. The van der Waals surface area contributed by atoms with Crippen LogP contribution in [-0.4, -0.2) is 32.0 Å². The topological polar surface area (TPSA) is 64.7 Å². The van der Waals surface area contributed by atoms with Gasteiger partial charge in [-0.25, -0.2) is 8.78 Å². The van der Waals surface area contributed by atoms with Crippen LogP contribution in [0.15, 0.2) is 6.07 Å². The van der Waals surface area contributed by atoms with Gasteiger partial charge in [0.1, 0.15) is 12.2 Å². The molecule has 1 amide bonds. The fourth-order valence-electron chi connectivity index (χ4n) is 3.37. The van der Waals surface area contributed by atoms with Gasteiger partial charge in [-0.05, 0) is 38.7 Å². The maximum atomic E-state index is 13.0. The first-order chi connectivity index (χ1) is 13.2. The molecule has 0 unspecified atom stereocenters. The summed E-state index contributed by atoms with van der Waals surface area (Å²) in [6, 6.07) is 0.970. The average molecular weight is 405 g/mol. The first kappa shape index (κ1) is 20.3. The molecule has 11 heteroatoms. The van der Waals surface area contributed by atoms with Crippen LogP contribution in [0.25, 0.3) is 0 Å². The van der Waals surface area contributed by atoms with E-state index in [9.17, 15) is 26.7 Å². The molecular formula is C17H20F5N5O. The average Bonchev–Trinajstić information content (AvgIpc) is 3.28. The second-order valence-electron chi connectivity index (χ2n) is 6.72. The Balaban J connectivity index is 1.50. The summed E-state index contributed by atoms with van der Waals surface area (Å²) < 4.78 is 66.6. The smallest absolute Gasteiger partial charge is 0.354 e. The third-order valence-electron chi connectivity index (χ3n) is 4.68. The number of halogens is 5. The predicted molar refractivity (Wildman–Crippen MR) is 88.8 cm³/mol. The van der Waals surface area contributed by atoms with Crippen molar-refractivity contribution < 1.29 is 26.7 Å². The van der Waals surface area contributed by atoms with Gasteiger partial charge in [0.25, 0.3) is 6.43 Å². The fraction of sp³-hybridized carbons (Fsp3) is 0.588. The van der Waals surface area contributed by atoms with Crippen LogP contribution in [0.5, 0.6) is 0 Å². The van der Waals surface area contributed by atoms with Crippen LogP contribution >= 0.6 is 0 Å². The normalized spacial score (nSPS) is 14.0. The van der Waals surface area contributed by atoms with Crippen molar-refractivity contribution in [3.63, 3.8) is 0 Å². The van der Waals surface area contributed by atoms with Crippen molar-refractivity contribution in [2.75, 3.05) is 6.54 Å². The van der Waals surface area contributed by atoms with Crippen LogP contribution in [0.2, 0.25) is 0 Å². The summed E-state index contributed by atoms with van der Waals surface area (Å²) in [7, 11) is 0. The van der Waals surface area contributed by atoms with Gasteiger partial charge in [-0.3, -0.25) is 14.2 Å². The highest BCUT2D eigenvalue weighted by Gasteiger charge is 2.34. The van der Waals surface area contributed by atoms with Gasteiger partial charge in [-0.1, -0.05) is 0 Å². The van der Waals surface area contributed by atoms with E-state index in [2.05, 4.69) is 15.5 Å². The Hall–Kier alpha value is -2.46. The Kier molecular flexibility index (Phi) is 5.71. The van der Waals surface area contributed by atoms with Gasteiger partial charge in [0.15, 0.2) is 5.69 Å². The van der Waals surface area contributed by atoms with Crippen LogP contribution in [0, 0.1) is 6.92 Å². The molecule has 0 atom stereocenters. The van der Waals surface area contributed by atoms with E-state index in [4.69, 9.17) is 0 Å². The number of carbonyl (C=O) groups is 1. The van der Waals surface area contributed by atoms with E-state index in [0.717, 1.165) is 12.5 Å². The number of aromatic nitrogens is 4. The number of amides is 1. The monoisotopic (exact) mass is 405 g/mol. The van der Waals surface area contributed by atoms with Crippen molar-refractivity contribution in [3.05, 3.63) is 34.4 Å². The van der Waals surface area contributed by atoms with E-state index in [-0.39, 0.29) is 31.2 Å². The molecule has 3 rings (SSSR count). The number of alkyl halides is 5. The summed E-state index contributed by atoms with van der Waals surface area (Å²) in [5.74, 6) is -0.383. The van der Waals surface area contributed by atoms with E-state index < -0.39 is 18.3 Å². The summed E-state index contributed by atoms with van der Waals surface area (Å²) >= 11 is 0. The second kappa shape index (κ2) is 7.88. The SMILES string of the molecule is Cc1cc(C(F)(F)F)nn1CCCNC(=O)Cn1nc(C(F)F)c2c1CCC2. The van der Waals surface area contributed by atoms with Crippen LogP contribution < -0.4 is 5.32 Å². The predicted octanol–water partition coefficient (Wildman–Crippen LogP) is 3.04. The molecule has 0 saturated carbocycles. The highest BCUT2D eigenvalue weighted by atomic mass is 19.4. The van der Waals surface area contributed by atoms with Crippen molar-refractivity contribution in [3.8, 4) is 0 Å². The molecule has 0 saturated heterocycles. The van der Waals surface area contributed by atoms with E-state index >= 15 is 0 Å². The Morgan fingerprint density at radius 2 is 2.00 bits per heavy atom. The van der Waals surface area contributed by atoms with Gasteiger partial charge in [-0.2, -0.15) is 23.4 Å². The van der Waals surface area contributed by atoms with E-state index in [1.165, 1.54) is 16.3 Å². The number of hydrogen-bond donors (Lipinski definition) is 1. The molecule has 1 aliphatic rings. The lowest BCUT2D eigenvalue weighted by Crippen LogP contribution is -2.30. The van der Waals surface area contributed by atoms with Crippen LogP contribution in [-0.2, 0) is 36.9 Å². The molecule has 1 aliphatic carbocycles. The first-order valence-corrected chi connectivity index (χ1v) is 8.91. The minimum absolute atomic E-state index is 0.159. The van der Waals surface area contributed by atoms with Crippen molar-refractivity contribution in [2.45, 2.75) is 58.3 Å². The van der Waals surface area contributed by atoms with Gasteiger partial charge in [0.05, 0.1) is 0 Å². The fourth-order valence-corrected chi connectivity index (χ4v) is 3.37. The van der Waals surface area contributed by atoms with Gasteiger partial charge in [-0.15, -0.1) is 0 Å². The molecule has 1 N–H and O–H groups in total. The number of aryl methyl sites for hydroxylation is 2. The lowest BCUT2D eigenvalue weighted by atomic mass is 10.2. The quantitative estimate of drug-likeness (QED) is 0.569. The summed E-state index contributed by atoms with van der Waals surface area (Å²) in [6.45, 7) is 1.81. The van der Waals surface area contributed by atoms with Crippen molar-refractivity contribution in [2.24, 2.45) is 0 Å². The molecule has 154 valence electrons. The van der Waals surface area contributed by atoms with Gasteiger partial charge in [0, 0.05) is 30.0 Å². The molecule has 2 aromatic heterocycles. The summed E-state index contributed by atoms with van der Waals surface area (Å²) in [5, 5.41) is 10.0. The number of carbonyl (C=O) groups excluding carboxylic acids is 1. The molecule has 0 spiro atoms. The largest absolute Gasteiger partial charge is 0.435 e. The van der Waals surface area contributed by atoms with Crippen molar-refractivity contribution in [1.82, 2.24) is 24.9 Å². The molecule has 0 fully saturated rings. The number of hydrogen-bond acceptors (Lipinski definition) is 3. The van der Waals surface area contributed by atoms with Crippen molar-refractivity contribution >= 4 is 5.91 Å². The van der Waals surface area contributed by atoms with E-state index in [1.807, 2.05) is 0 Å². The molecule has 2 heterocycles. The standard InChI is InChI=1S/C17H20F5N5O/c1-10-8-13(17(20,21)22)24-26(10)7-3-6-23-14(28)9-27-12-5-2-4-11(12)15(25-27)16(18)19/h8,16H,2-7,9H2,1H3,(H,23,28). The van der Waals surface area contributed by atoms with Gasteiger partial charge in [0.2, 0.25) is 5.91 Å². The molecular weight excluding hydrogens is 385 g/mol. The number of rotatable bonds is 7. The lowest BCUT2D eigenvalue weighted by molar-refractivity contribution is -0.141. The Bertz CT molecular complexity index is 855. The maximum absolute atomic E-state index is 13.0. The van der Waals surface area contributed by atoms with Crippen LogP contribution in [0.4, 0.5) is 22.0 Å². The zero-order valence-corrected chi connectivity index (χ0v) is 15.2. The minimum Gasteiger partial charge on any atom is -0.354 e. The number of nitrogens with one attached hydrogen (secondary N) is 1. The third-order valence-corrected chi connectivity index (χ3v) is 4.68. The highest BCUT2D eigenvalue weighted by Crippen LogP contribution is 2.31. The lowest BCUT2D eigenvalue weighted by Gasteiger charge is -2.08. The molecule has 0 aromatic carbocycles. The summed E-state index contributed by atoms with van der Waals surface area (Å²) in [5.41, 5.74) is 0.395. The molecule has 28 heavy (non-hydrogen) atoms. The molecule has 0 aliphatic heterocycles. The summed E-state index contributed by atoms with van der Waals surface area (Å²) in [4.78, 5) is 12.1. The Morgan fingerprint density at radius 1 is 1.25 bits per heavy atom. The number of fused-ring (bicyclic) bond motifs is 1. The Morgan fingerprint density at radius 3 is 2.64 bits per heavy atom. The molecule has 6 nitrogen and oxygen atoms in total. The van der Waals surface area contributed by atoms with E-state index in [1.54, 1.807) is 0 Å². The van der Waals surface area contributed by atoms with E-state index in [0.29, 0.717) is 36.2 Å². The van der Waals surface area contributed by atoms with Gasteiger partial charge >= 0.3 is 6.18 Å². The number of nitrogens with zero attached hydrogens (tertiary/aromatic N) is 4. The zero-order valence-electron chi connectivity index (χ0n) is 15.2. The third kappa shape index (κ3) is 4.33. The zero-order chi connectivity index (χ0) is 20.5. The molecule has 2 aromatic rings. The van der Waals surface area contributed by atoms with Crippen LogP contribution in [0.3, 0.4) is 0 Å². The first-order valence-electron chi connectivity index (χ1n) is 8.91. The minimum atomic E-state index is -4.49.